The van der Waals surface area contributed by atoms with Crippen molar-refractivity contribution in [2.75, 3.05) is 6.54 Å². The molecule has 0 unspecified atom stereocenters. The first-order chi connectivity index (χ1) is 6.98. The fourth-order valence-electron chi connectivity index (χ4n) is 1.55. The summed E-state index contributed by atoms with van der Waals surface area (Å²) in [6, 6.07) is 0. The third-order valence-electron chi connectivity index (χ3n) is 2.17. The second-order valence-electron chi connectivity index (χ2n) is 3.19. The van der Waals surface area contributed by atoms with E-state index in [9.17, 15) is 13.2 Å². The fraction of sp³-hybridized carbons (Fsp3) is 0.500. The van der Waals surface area contributed by atoms with Crippen LogP contribution < -0.4 is 5.32 Å². The summed E-state index contributed by atoms with van der Waals surface area (Å²) in [6.07, 6.45) is -4.03. The second-order valence-corrected chi connectivity index (χ2v) is 3.53. The molecule has 1 aliphatic rings. The number of hydrogen-bond acceptors (Lipinski definition) is 3. The predicted molar refractivity (Wildman–Crippen MR) is 54.7 cm³/mol. The fourth-order valence-corrected chi connectivity index (χ4v) is 1.73. The Kier molecular flexibility index (Phi) is 3.98. The van der Waals surface area contributed by atoms with E-state index in [0.29, 0.717) is 18.7 Å². The highest BCUT2D eigenvalue weighted by Gasteiger charge is 2.37. The van der Waals surface area contributed by atoms with Crippen molar-refractivity contribution in [2.45, 2.75) is 19.1 Å². The van der Waals surface area contributed by atoms with Gasteiger partial charge in [-0.2, -0.15) is 13.2 Å². The molecule has 1 aromatic rings. The number of hydrogen-bond donors (Lipinski definition) is 1. The van der Waals surface area contributed by atoms with E-state index in [2.05, 4.69) is 15.3 Å². The van der Waals surface area contributed by atoms with Crippen molar-refractivity contribution >= 4 is 24.0 Å². The first kappa shape index (κ1) is 13.5. The number of fused-ring (bicyclic) bond motifs is 1. The quantitative estimate of drug-likeness (QED) is 0.737. The van der Waals surface area contributed by atoms with Crippen LogP contribution in [-0.4, -0.2) is 16.5 Å². The highest BCUT2D eigenvalue weighted by Crippen LogP contribution is 2.33. The van der Waals surface area contributed by atoms with Gasteiger partial charge in [0.25, 0.3) is 0 Å². The van der Waals surface area contributed by atoms with Crippen molar-refractivity contribution in [3.05, 3.63) is 22.2 Å². The minimum absolute atomic E-state index is 0. The highest BCUT2D eigenvalue weighted by molar-refractivity contribution is 6.28. The monoisotopic (exact) mass is 273 g/mol. The molecule has 0 radical (unpaired) electrons. The Hall–Kier alpha value is -0.590. The maximum atomic E-state index is 12.6. The van der Waals surface area contributed by atoms with Crippen LogP contribution in [0.4, 0.5) is 13.2 Å². The van der Waals surface area contributed by atoms with E-state index in [-0.39, 0.29) is 29.8 Å². The molecule has 16 heavy (non-hydrogen) atoms. The molecule has 90 valence electrons. The van der Waals surface area contributed by atoms with Gasteiger partial charge >= 0.3 is 6.18 Å². The summed E-state index contributed by atoms with van der Waals surface area (Å²) >= 11 is 5.45. The largest absolute Gasteiger partial charge is 0.433 e. The van der Waals surface area contributed by atoms with Gasteiger partial charge in [-0.3, -0.25) is 0 Å². The van der Waals surface area contributed by atoms with Crippen molar-refractivity contribution in [3.63, 3.8) is 0 Å². The molecule has 0 spiro atoms. The number of nitrogens with one attached hydrogen (secondary N) is 1. The maximum Gasteiger partial charge on any atom is 0.433 e. The Morgan fingerprint density at radius 3 is 2.56 bits per heavy atom. The smallest absolute Gasteiger partial charge is 0.312 e. The van der Waals surface area contributed by atoms with E-state index < -0.39 is 11.9 Å². The molecule has 0 amide bonds. The Bertz CT molecular complexity index is 395. The van der Waals surface area contributed by atoms with Gasteiger partial charge < -0.3 is 5.32 Å². The number of halogens is 5. The molecule has 0 saturated carbocycles. The van der Waals surface area contributed by atoms with Gasteiger partial charge in [0.05, 0.1) is 5.69 Å². The first-order valence-electron chi connectivity index (χ1n) is 4.31. The Morgan fingerprint density at radius 1 is 1.25 bits per heavy atom. The Morgan fingerprint density at radius 2 is 1.94 bits per heavy atom. The molecule has 8 heteroatoms. The number of alkyl halides is 3. The van der Waals surface area contributed by atoms with E-state index in [1.165, 1.54) is 0 Å². The molecule has 1 aromatic heterocycles. The summed E-state index contributed by atoms with van der Waals surface area (Å²) in [5, 5.41) is 2.51. The van der Waals surface area contributed by atoms with Crippen LogP contribution in [0.1, 0.15) is 17.0 Å². The molecule has 0 atom stereocenters. The molecule has 2 rings (SSSR count). The van der Waals surface area contributed by atoms with Crippen molar-refractivity contribution in [1.29, 1.82) is 0 Å². The van der Waals surface area contributed by atoms with Crippen molar-refractivity contribution in [2.24, 2.45) is 0 Å². The van der Waals surface area contributed by atoms with Crippen molar-refractivity contribution in [1.82, 2.24) is 15.3 Å². The maximum absolute atomic E-state index is 12.6. The van der Waals surface area contributed by atoms with Crippen LogP contribution in [0.3, 0.4) is 0 Å². The van der Waals surface area contributed by atoms with E-state index >= 15 is 0 Å². The van der Waals surface area contributed by atoms with Crippen LogP contribution >= 0.6 is 24.0 Å². The summed E-state index contributed by atoms with van der Waals surface area (Å²) in [6.45, 7) is 0.749. The lowest BCUT2D eigenvalue weighted by Gasteiger charge is -2.19. The van der Waals surface area contributed by atoms with Gasteiger partial charge in [-0.15, -0.1) is 12.4 Å². The van der Waals surface area contributed by atoms with E-state index in [1.54, 1.807) is 0 Å². The lowest BCUT2D eigenvalue weighted by atomic mass is 10.1. The molecule has 0 aliphatic carbocycles. The van der Waals surface area contributed by atoms with E-state index in [0.717, 1.165) is 0 Å². The van der Waals surface area contributed by atoms with E-state index in [4.69, 9.17) is 11.6 Å². The normalized spacial score (nSPS) is 15.2. The minimum Gasteiger partial charge on any atom is -0.312 e. The molecular formula is C8H8Cl2F3N3. The number of aromatic nitrogens is 2. The van der Waals surface area contributed by atoms with Crippen LogP contribution in [-0.2, 0) is 19.1 Å². The highest BCUT2D eigenvalue weighted by atomic mass is 35.5. The average Bonchev–Trinajstić information content (AvgIpc) is 2.15. The number of nitrogens with zero attached hydrogens (tertiary/aromatic N) is 2. The molecule has 1 aliphatic heterocycles. The van der Waals surface area contributed by atoms with E-state index in [1.807, 2.05) is 0 Å². The summed E-state index contributed by atoms with van der Waals surface area (Å²) in [5.41, 5.74) is -0.427. The Labute approximate surface area is 101 Å². The summed E-state index contributed by atoms with van der Waals surface area (Å²) in [4.78, 5) is 7.05. The van der Waals surface area contributed by atoms with Gasteiger partial charge in [-0.1, -0.05) is 0 Å². The third kappa shape index (κ3) is 2.56. The molecule has 0 aromatic carbocycles. The first-order valence-corrected chi connectivity index (χ1v) is 4.69. The van der Waals surface area contributed by atoms with Crippen LogP contribution in [0.15, 0.2) is 0 Å². The van der Waals surface area contributed by atoms with Crippen molar-refractivity contribution < 1.29 is 13.2 Å². The van der Waals surface area contributed by atoms with Crippen LogP contribution in [0, 0.1) is 0 Å². The van der Waals surface area contributed by atoms with Crippen molar-refractivity contribution in [3.8, 4) is 0 Å². The zero-order chi connectivity index (χ0) is 11.1. The minimum atomic E-state index is -4.48. The molecule has 0 fully saturated rings. The van der Waals surface area contributed by atoms with Gasteiger partial charge in [0.1, 0.15) is 0 Å². The topological polar surface area (TPSA) is 37.8 Å². The standard InChI is InChI=1S/C8H7ClF3N3.ClH/c9-7-14-5-1-2-13-3-4(5)6(15-7)8(10,11)12;/h13H,1-3H2;1H. The Balaban J connectivity index is 0.00000128. The molecule has 2 heterocycles. The molecule has 3 nitrogen and oxygen atoms in total. The lowest BCUT2D eigenvalue weighted by molar-refractivity contribution is -0.142. The zero-order valence-electron chi connectivity index (χ0n) is 7.94. The second kappa shape index (κ2) is 4.73. The van der Waals surface area contributed by atoms with Crippen LogP contribution in [0.5, 0.6) is 0 Å². The molecule has 0 saturated heterocycles. The zero-order valence-corrected chi connectivity index (χ0v) is 9.51. The van der Waals surface area contributed by atoms with Crippen LogP contribution in [0.2, 0.25) is 5.28 Å². The molecule has 0 bridgehead atoms. The lowest BCUT2D eigenvalue weighted by Crippen LogP contribution is -2.28. The summed E-state index contributed by atoms with van der Waals surface area (Å²) in [7, 11) is 0. The van der Waals surface area contributed by atoms with Crippen LogP contribution in [0.25, 0.3) is 0 Å². The van der Waals surface area contributed by atoms with Gasteiger partial charge in [-0.05, 0) is 11.6 Å². The third-order valence-corrected chi connectivity index (χ3v) is 2.34. The average molecular weight is 274 g/mol. The summed E-state index contributed by atoms with van der Waals surface area (Å²) < 4.78 is 37.7. The van der Waals surface area contributed by atoms with Gasteiger partial charge in [0.15, 0.2) is 5.69 Å². The SMILES string of the molecule is Cl.FC(F)(F)c1nc(Cl)nc2c1CNCC2. The number of rotatable bonds is 0. The molecular weight excluding hydrogens is 266 g/mol. The predicted octanol–water partition coefficient (Wildman–Crippen LogP) is 2.22. The van der Waals surface area contributed by atoms with Gasteiger partial charge in [-0.25, -0.2) is 9.97 Å². The van der Waals surface area contributed by atoms with Gasteiger partial charge in [0.2, 0.25) is 5.28 Å². The summed E-state index contributed by atoms with van der Waals surface area (Å²) in [5.74, 6) is 0. The molecule has 1 N–H and O–H groups in total. The van der Waals surface area contributed by atoms with Gasteiger partial charge in [0, 0.05) is 25.1 Å².